The Balaban J connectivity index is 2.51. The molecule has 1 atom stereocenters. The number of aromatic nitrogens is 2. The molecule has 1 aromatic rings. The van der Waals surface area contributed by atoms with E-state index < -0.39 is 24.1 Å². The van der Waals surface area contributed by atoms with Crippen molar-refractivity contribution in [3.8, 4) is 11.8 Å². The van der Waals surface area contributed by atoms with E-state index in [0.717, 1.165) is 7.11 Å². The SMILES string of the molecule is CC#CCn1c(N2CCN(C(=O)O)CC2)nc(C(O)C(N)=O)c1C(=O)OC. The molecule has 1 saturated heterocycles. The highest BCUT2D eigenvalue weighted by Crippen LogP contribution is 2.26. The van der Waals surface area contributed by atoms with E-state index in [4.69, 9.17) is 15.6 Å². The lowest BCUT2D eigenvalue weighted by molar-refractivity contribution is -0.126. The van der Waals surface area contributed by atoms with Gasteiger partial charge in [-0.25, -0.2) is 14.6 Å². The van der Waals surface area contributed by atoms with Gasteiger partial charge in [-0.05, 0) is 6.92 Å². The number of carbonyl (C=O) groups excluding carboxylic acids is 2. The highest BCUT2D eigenvalue weighted by Gasteiger charge is 2.33. The normalized spacial score (nSPS) is 14.9. The zero-order valence-corrected chi connectivity index (χ0v) is 15.0. The van der Waals surface area contributed by atoms with Crippen LogP contribution in [0.2, 0.25) is 0 Å². The van der Waals surface area contributed by atoms with Crippen LogP contribution in [0.3, 0.4) is 0 Å². The molecular formula is C16H21N5O6. The summed E-state index contributed by atoms with van der Waals surface area (Å²) in [5, 5.41) is 19.2. The van der Waals surface area contributed by atoms with E-state index in [0.29, 0.717) is 13.1 Å². The van der Waals surface area contributed by atoms with E-state index in [-0.39, 0.29) is 37.0 Å². The monoisotopic (exact) mass is 379 g/mol. The zero-order chi connectivity index (χ0) is 20.1. The number of carbonyl (C=O) groups is 3. The number of piperazine rings is 1. The average Bonchev–Trinajstić information content (AvgIpc) is 3.04. The minimum Gasteiger partial charge on any atom is -0.465 e. The van der Waals surface area contributed by atoms with Crippen molar-refractivity contribution in [1.82, 2.24) is 14.5 Å². The van der Waals surface area contributed by atoms with Crippen molar-refractivity contribution in [2.75, 3.05) is 38.2 Å². The van der Waals surface area contributed by atoms with Crippen molar-refractivity contribution in [3.63, 3.8) is 0 Å². The van der Waals surface area contributed by atoms with Gasteiger partial charge in [0, 0.05) is 26.2 Å². The van der Waals surface area contributed by atoms with E-state index in [2.05, 4.69) is 16.8 Å². The number of primary amides is 1. The van der Waals surface area contributed by atoms with Gasteiger partial charge in [-0.15, -0.1) is 5.92 Å². The molecule has 0 radical (unpaired) electrons. The zero-order valence-electron chi connectivity index (χ0n) is 15.0. The Morgan fingerprint density at radius 2 is 1.93 bits per heavy atom. The molecule has 1 fully saturated rings. The molecule has 146 valence electrons. The summed E-state index contributed by atoms with van der Waals surface area (Å²) in [6, 6.07) is 0. The van der Waals surface area contributed by atoms with Crippen molar-refractivity contribution in [3.05, 3.63) is 11.4 Å². The highest BCUT2D eigenvalue weighted by molar-refractivity contribution is 5.92. The molecule has 0 bridgehead atoms. The maximum atomic E-state index is 12.3. The molecule has 0 aliphatic carbocycles. The molecule has 11 nitrogen and oxygen atoms in total. The summed E-state index contributed by atoms with van der Waals surface area (Å²) in [5.41, 5.74) is 4.82. The molecule has 1 aliphatic rings. The maximum Gasteiger partial charge on any atom is 0.407 e. The van der Waals surface area contributed by atoms with Crippen LogP contribution in [-0.4, -0.2) is 75.9 Å². The molecule has 1 aromatic heterocycles. The van der Waals surface area contributed by atoms with Crippen LogP contribution in [0.25, 0.3) is 0 Å². The Morgan fingerprint density at radius 1 is 1.30 bits per heavy atom. The number of aliphatic hydroxyl groups is 1. The second-order valence-electron chi connectivity index (χ2n) is 5.71. The van der Waals surface area contributed by atoms with Gasteiger partial charge in [-0.2, -0.15) is 0 Å². The smallest absolute Gasteiger partial charge is 0.407 e. The fraction of sp³-hybridized carbons (Fsp3) is 0.500. The number of nitrogens with zero attached hydrogens (tertiary/aromatic N) is 4. The number of methoxy groups -OCH3 is 1. The van der Waals surface area contributed by atoms with Gasteiger partial charge in [-0.1, -0.05) is 5.92 Å². The molecule has 11 heteroatoms. The van der Waals surface area contributed by atoms with E-state index in [1.54, 1.807) is 11.8 Å². The van der Waals surface area contributed by atoms with Gasteiger partial charge in [0.25, 0.3) is 5.91 Å². The fourth-order valence-corrected chi connectivity index (χ4v) is 2.74. The van der Waals surface area contributed by atoms with Gasteiger partial charge in [0.1, 0.15) is 5.69 Å². The van der Waals surface area contributed by atoms with E-state index in [1.807, 2.05) is 0 Å². The number of amides is 2. The second kappa shape index (κ2) is 8.41. The van der Waals surface area contributed by atoms with Crippen LogP contribution in [0.1, 0.15) is 29.2 Å². The Hall–Kier alpha value is -3.26. The summed E-state index contributed by atoms with van der Waals surface area (Å²) in [6.07, 6.45) is -2.82. The Labute approximate surface area is 155 Å². The van der Waals surface area contributed by atoms with E-state index in [9.17, 15) is 19.5 Å². The first-order chi connectivity index (χ1) is 12.8. The summed E-state index contributed by atoms with van der Waals surface area (Å²) >= 11 is 0. The van der Waals surface area contributed by atoms with Gasteiger partial charge in [0.05, 0.1) is 13.7 Å². The van der Waals surface area contributed by atoms with Crippen LogP contribution in [0, 0.1) is 11.8 Å². The number of imidazole rings is 1. The number of hydrogen-bond acceptors (Lipinski definition) is 7. The molecule has 2 heterocycles. The Kier molecular flexibility index (Phi) is 6.25. The predicted octanol–water partition coefficient (Wildman–Crippen LogP) is -0.988. The number of ether oxygens (including phenoxy) is 1. The Bertz CT molecular complexity index is 800. The molecule has 2 amide bonds. The summed E-state index contributed by atoms with van der Waals surface area (Å²) < 4.78 is 6.19. The van der Waals surface area contributed by atoms with Crippen LogP contribution in [0.5, 0.6) is 0 Å². The average molecular weight is 379 g/mol. The molecule has 27 heavy (non-hydrogen) atoms. The first-order valence-corrected chi connectivity index (χ1v) is 8.10. The largest absolute Gasteiger partial charge is 0.465 e. The molecule has 0 spiro atoms. The summed E-state index contributed by atoms with van der Waals surface area (Å²) in [5.74, 6) is 3.93. The van der Waals surface area contributed by atoms with Crippen molar-refractivity contribution < 1.29 is 29.3 Å². The maximum absolute atomic E-state index is 12.3. The number of rotatable bonds is 5. The van der Waals surface area contributed by atoms with Crippen molar-refractivity contribution in [2.45, 2.75) is 19.6 Å². The highest BCUT2D eigenvalue weighted by atomic mass is 16.5. The van der Waals surface area contributed by atoms with Crippen molar-refractivity contribution in [2.24, 2.45) is 5.73 Å². The van der Waals surface area contributed by atoms with E-state index >= 15 is 0 Å². The third-order valence-electron chi connectivity index (χ3n) is 4.13. The quantitative estimate of drug-likeness (QED) is 0.436. The second-order valence-corrected chi connectivity index (χ2v) is 5.71. The summed E-state index contributed by atoms with van der Waals surface area (Å²) in [6.45, 7) is 2.80. The van der Waals surface area contributed by atoms with Gasteiger partial charge < -0.3 is 30.5 Å². The third kappa shape index (κ3) is 4.12. The lowest BCUT2D eigenvalue weighted by atomic mass is 10.2. The first kappa shape index (κ1) is 20.1. The molecule has 0 saturated carbocycles. The van der Waals surface area contributed by atoms with Crippen molar-refractivity contribution in [1.29, 1.82) is 0 Å². The van der Waals surface area contributed by atoms with Crippen LogP contribution in [0.15, 0.2) is 0 Å². The van der Waals surface area contributed by atoms with E-state index in [1.165, 1.54) is 9.47 Å². The summed E-state index contributed by atoms with van der Waals surface area (Å²) in [7, 11) is 1.16. The molecule has 1 unspecified atom stereocenters. The van der Waals surface area contributed by atoms with Crippen LogP contribution < -0.4 is 10.6 Å². The van der Waals surface area contributed by atoms with Crippen LogP contribution >= 0.6 is 0 Å². The molecular weight excluding hydrogens is 358 g/mol. The number of nitrogens with two attached hydrogens (primary N) is 1. The van der Waals surface area contributed by atoms with Crippen molar-refractivity contribution >= 4 is 23.9 Å². The predicted molar refractivity (Wildman–Crippen MR) is 93.0 cm³/mol. The number of hydrogen-bond donors (Lipinski definition) is 3. The minimum atomic E-state index is -1.80. The number of aliphatic hydroxyl groups excluding tert-OH is 1. The van der Waals surface area contributed by atoms with Crippen LogP contribution in [0.4, 0.5) is 10.7 Å². The van der Waals surface area contributed by atoms with Gasteiger partial charge in [0.2, 0.25) is 5.95 Å². The van der Waals surface area contributed by atoms with Crippen LogP contribution in [-0.2, 0) is 16.1 Å². The third-order valence-corrected chi connectivity index (χ3v) is 4.13. The molecule has 4 N–H and O–H groups in total. The first-order valence-electron chi connectivity index (χ1n) is 8.10. The van der Waals surface area contributed by atoms with Gasteiger partial charge in [0.15, 0.2) is 11.8 Å². The molecule has 1 aliphatic heterocycles. The molecule has 0 aromatic carbocycles. The molecule has 2 rings (SSSR count). The standard InChI is InChI=1S/C16H21N5O6/c1-3-4-5-21-11(14(24)27-2)10(12(22)13(17)23)18-15(21)19-6-8-20(9-7-19)16(25)26/h12,22H,5-9H2,1-2H3,(H2,17,23)(H,25,26). The van der Waals surface area contributed by atoms with Gasteiger partial charge in [-0.3, -0.25) is 9.36 Å². The number of anilines is 1. The van der Waals surface area contributed by atoms with Gasteiger partial charge >= 0.3 is 12.1 Å². The summed E-state index contributed by atoms with van der Waals surface area (Å²) in [4.78, 5) is 42.1. The number of carboxylic acid groups (broad SMARTS) is 1. The Morgan fingerprint density at radius 3 is 2.41 bits per heavy atom. The lowest BCUT2D eigenvalue weighted by Crippen LogP contribution is -2.49. The fourth-order valence-electron chi connectivity index (χ4n) is 2.74. The topological polar surface area (TPSA) is 151 Å². The minimum absolute atomic E-state index is 0.0634. The lowest BCUT2D eigenvalue weighted by Gasteiger charge is -2.33. The number of esters is 1.